The number of primary amides is 1. The van der Waals surface area contributed by atoms with E-state index in [1.165, 1.54) is 24.3 Å². The number of carbonyl (C=O) groups excluding carboxylic acids is 4. The van der Waals surface area contributed by atoms with Crippen LogP contribution in [0.15, 0.2) is 36.4 Å². The summed E-state index contributed by atoms with van der Waals surface area (Å²) in [6.07, 6.45) is 0.170. The van der Waals surface area contributed by atoms with Crippen molar-refractivity contribution in [1.82, 2.24) is 10.2 Å². The number of nitrogens with one attached hydrogen (secondary N) is 2. The second kappa shape index (κ2) is 7.89. The first-order chi connectivity index (χ1) is 16.1. The number of nitrogens with zero attached hydrogens (tertiary/aromatic N) is 1. The summed E-state index contributed by atoms with van der Waals surface area (Å²) in [5, 5.41) is 6.49. The van der Waals surface area contributed by atoms with Crippen molar-refractivity contribution in [1.29, 1.82) is 0 Å². The van der Waals surface area contributed by atoms with Gasteiger partial charge in [0.15, 0.2) is 0 Å². The lowest BCUT2D eigenvalue weighted by atomic mass is 9.76. The summed E-state index contributed by atoms with van der Waals surface area (Å²) in [4.78, 5) is 53.3. The van der Waals surface area contributed by atoms with E-state index in [1.54, 1.807) is 19.1 Å². The second-order valence-electron chi connectivity index (χ2n) is 9.06. The first-order valence-corrected chi connectivity index (χ1v) is 11.3. The summed E-state index contributed by atoms with van der Waals surface area (Å²) in [7, 11) is 0. The SMILES string of the molecule is Cc1cc(Cl)cc2c1NC(=O)[C@@]21N[C@H](CCC(N)=O)[C@H]2C(=O)N(Cc3ccc(F)cc3)C(=O)[C@H]21. The maximum absolute atomic E-state index is 13.7. The van der Waals surface area contributed by atoms with Crippen LogP contribution in [0.1, 0.15) is 29.5 Å². The Bertz CT molecular complexity index is 1250. The molecular weight excluding hydrogens is 463 g/mol. The molecule has 0 unspecified atom stereocenters. The van der Waals surface area contributed by atoms with Gasteiger partial charge >= 0.3 is 0 Å². The van der Waals surface area contributed by atoms with E-state index in [-0.39, 0.29) is 19.4 Å². The average molecular weight is 485 g/mol. The predicted molar refractivity (Wildman–Crippen MR) is 121 cm³/mol. The van der Waals surface area contributed by atoms with E-state index < -0.39 is 52.9 Å². The number of aryl methyl sites for hydroxylation is 1. The molecular formula is C24H22ClFN4O4. The highest BCUT2D eigenvalue weighted by Crippen LogP contribution is 2.54. The molecule has 0 saturated carbocycles. The van der Waals surface area contributed by atoms with Crippen molar-refractivity contribution >= 4 is 40.9 Å². The Kier molecular flexibility index (Phi) is 5.22. The van der Waals surface area contributed by atoms with Crippen LogP contribution in [0.3, 0.4) is 0 Å². The molecule has 3 aliphatic heterocycles. The number of hydrogen-bond acceptors (Lipinski definition) is 5. The van der Waals surface area contributed by atoms with Crippen LogP contribution in [0.5, 0.6) is 0 Å². The summed E-state index contributed by atoms with van der Waals surface area (Å²) >= 11 is 6.31. The van der Waals surface area contributed by atoms with Crippen molar-refractivity contribution < 1.29 is 23.6 Å². The number of halogens is 2. The highest BCUT2D eigenvalue weighted by molar-refractivity contribution is 6.31. The van der Waals surface area contributed by atoms with Gasteiger partial charge in [0.1, 0.15) is 11.4 Å². The Labute approximate surface area is 199 Å². The number of fused-ring (bicyclic) bond motifs is 4. The lowest BCUT2D eigenvalue weighted by molar-refractivity contribution is -0.143. The number of amides is 4. The van der Waals surface area contributed by atoms with E-state index in [0.29, 0.717) is 21.8 Å². The highest BCUT2D eigenvalue weighted by atomic mass is 35.5. The molecule has 1 spiro atoms. The molecule has 2 saturated heterocycles. The number of nitrogens with two attached hydrogens (primary N) is 1. The van der Waals surface area contributed by atoms with Crippen molar-refractivity contribution in [3.8, 4) is 0 Å². The van der Waals surface area contributed by atoms with Gasteiger partial charge in [0, 0.05) is 28.7 Å². The molecule has 0 bridgehead atoms. The first-order valence-electron chi connectivity index (χ1n) is 10.9. The number of imide groups is 1. The van der Waals surface area contributed by atoms with E-state index >= 15 is 0 Å². The fourth-order valence-electron chi connectivity index (χ4n) is 5.57. The third-order valence-electron chi connectivity index (χ3n) is 7.03. The van der Waals surface area contributed by atoms with Crippen molar-refractivity contribution in [3.05, 3.63) is 63.9 Å². The Morgan fingerprint density at radius 1 is 1.18 bits per heavy atom. The molecule has 2 aromatic carbocycles. The molecule has 0 aliphatic carbocycles. The van der Waals surface area contributed by atoms with Crippen LogP contribution in [0.25, 0.3) is 0 Å². The van der Waals surface area contributed by atoms with E-state index in [0.717, 1.165) is 10.5 Å². The summed E-state index contributed by atoms with van der Waals surface area (Å²) in [5.74, 6) is -4.28. The van der Waals surface area contributed by atoms with Crippen LogP contribution >= 0.6 is 11.6 Å². The lowest BCUT2D eigenvalue weighted by Gasteiger charge is -2.29. The Morgan fingerprint density at radius 2 is 1.88 bits per heavy atom. The third-order valence-corrected chi connectivity index (χ3v) is 7.25. The topological polar surface area (TPSA) is 122 Å². The predicted octanol–water partition coefficient (Wildman–Crippen LogP) is 1.97. The summed E-state index contributed by atoms with van der Waals surface area (Å²) in [6.45, 7) is 1.75. The molecule has 5 rings (SSSR count). The van der Waals surface area contributed by atoms with Crippen molar-refractivity contribution in [2.75, 3.05) is 5.32 Å². The minimum absolute atomic E-state index is 0.0144. The number of benzene rings is 2. The van der Waals surface area contributed by atoms with Gasteiger partial charge in [-0.25, -0.2) is 4.39 Å². The molecule has 10 heteroatoms. The van der Waals surface area contributed by atoms with Gasteiger partial charge < -0.3 is 11.1 Å². The van der Waals surface area contributed by atoms with Crippen molar-refractivity contribution in [3.63, 3.8) is 0 Å². The van der Waals surface area contributed by atoms with Crippen LogP contribution in [-0.4, -0.2) is 34.6 Å². The fraction of sp³-hybridized carbons (Fsp3) is 0.333. The molecule has 3 heterocycles. The smallest absolute Gasteiger partial charge is 0.250 e. The van der Waals surface area contributed by atoms with Gasteiger partial charge in [0.05, 0.1) is 18.4 Å². The van der Waals surface area contributed by atoms with Crippen LogP contribution in [0.2, 0.25) is 5.02 Å². The number of hydrogen-bond donors (Lipinski definition) is 3. The number of likely N-dealkylation sites (tertiary alicyclic amines) is 1. The molecule has 176 valence electrons. The van der Waals surface area contributed by atoms with Crippen LogP contribution in [0, 0.1) is 24.6 Å². The molecule has 4 amide bonds. The van der Waals surface area contributed by atoms with Crippen LogP contribution < -0.4 is 16.4 Å². The molecule has 3 aliphatic rings. The van der Waals surface area contributed by atoms with Gasteiger partial charge in [0.25, 0.3) is 0 Å². The van der Waals surface area contributed by atoms with Crippen molar-refractivity contribution in [2.24, 2.45) is 17.6 Å². The molecule has 8 nitrogen and oxygen atoms in total. The van der Waals surface area contributed by atoms with Gasteiger partial charge in [-0.1, -0.05) is 23.7 Å². The standard InChI is InChI=1S/C24H22ClFN4O4/c1-11-8-13(25)9-15-20(11)28-23(34)24(15)19-18(16(29-24)6-7-17(27)31)21(32)30(22(19)33)10-12-2-4-14(26)5-3-12/h2-5,8-9,16,18-19,29H,6-7,10H2,1H3,(H2,27,31)(H,28,34)/t16-,18-,19+,24-/m1/s1. The van der Waals surface area contributed by atoms with Crippen LogP contribution in [0.4, 0.5) is 10.1 Å². The Morgan fingerprint density at radius 3 is 2.56 bits per heavy atom. The van der Waals surface area contributed by atoms with Gasteiger partial charge in [-0.2, -0.15) is 0 Å². The molecule has 0 aromatic heterocycles. The zero-order valence-corrected chi connectivity index (χ0v) is 19.0. The maximum atomic E-state index is 13.7. The third kappa shape index (κ3) is 3.22. The largest absolute Gasteiger partial charge is 0.370 e. The van der Waals surface area contributed by atoms with Gasteiger partial charge in [-0.05, 0) is 48.7 Å². The lowest BCUT2D eigenvalue weighted by Crippen LogP contribution is -2.53. The first kappa shape index (κ1) is 22.5. The number of rotatable bonds is 5. The molecule has 34 heavy (non-hydrogen) atoms. The summed E-state index contributed by atoms with van der Waals surface area (Å²) in [5.41, 5.74) is 6.19. The van der Waals surface area contributed by atoms with E-state index in [2.05, 4.69) is 10.6 Å². The van der Waals surface area contributed by atoms with E-state index in [4.69, 9.17) is 17.3 Å². The molecule has 0 radical (unpaired) electrons. The summed E-state index contributed by atoms with van der Waals surface area (Å²) in [6, 6.07) is 8.22. The zero-order chi connectivity index (χ0) is 24.4. The normalized spacial score (nSPS) is 27.3. The van der Waals surface area contributed by atoms with E-state index in [1.807, 2.05) is 0 Å². The monoisotopic (exact) mass is 484 g/mol. The number of anilines is 1. The molecule has 2 aromatic rings. The van der Waals surface area contributed by atoms with Crippen molar-refractivity contribution in [2.45, 2.75) is 37.9 Å². The fourth-order valence-corrected chi connectivity index (χ4v) is 5.84. The summed E-state index contributed by atoms with van der Waals surface area (Å²) < 4.78 is 13.3. The minimum atomic E-state index is -1.51. The van der Waals surface area contributed by atoms with Gasteiger partial charge in [-0.15, -0.1) is 0 Å². The molecule has 4 atom stereocenters. The quantitative estimate of drug-likeness (QED) is 0.560. The zero-order valence-electron chi connectivity index (χ0n) is 18.2. The Balaban J connectivity index is 1.60. The second-order valence-corrected chi connectivity index (χ2v) is 9.49. The highest BCUT2D eigenvalue weighted by Gasteiger charge is 2.70. The van der Waals surface area contributed by atoms with E-state index in [9.17, 15) is 23.6 Å². The Hall–Kier alpha value is -3.30. The average Bonchev–Trinajstić information content (AvgIpc) is 3.35. The van der Waals surface area contributed by atoms with Crippen LogP contribution in [-0.2, 0) is 31.3 Å². The van der Waals surface area contributed by atoms with Gasteiger partial charge in [-0.3, -0.25) is 29.4 Å². The number of carbonyl (C=O) groups is 4. The van der Waals surface area contributed by atoms with Gasteiger partial charge in [0.2, 0.25) is 23.6 Å². The minimum Gasteiger partial charge on any atom is -0.370 e. The molecule has 4 N–H and O–H groups in total. The maximum Gasteiger partial charge on any atom is 0.250 e. The molecule has 2 fully saturated rings.